The smallest absolute Gasteiger partial charge is 0.262 e. The summed E-state index contributed by atoms with van der Waals surface area (Å²) in [6, 6.07) is 0.0267. The second-order valence-electron chi connectivity index (χ2n) is 5.39. The summed E-state index contributed by atoms with van der Waals surface area (Å²) in [6.07, 6.45) is 1.68. The second kappa shape index (κ2) is 5.80. The monoisotopic (exact) mass is 301 g/mol. The van der Waals surface area contributed by atoms with Gasteiger partial charge in [0.05, 0.1) is 0 Å². The minimum Gasteiger partial charge on any atom is -0.326 e. The topological polar surface area (TPSA) is 95.3 Å². The molecular formula is C12H23N5O2S. The van der Waals surface area contributed by atoms with Crippen LogP contribution in [0.5, 0.6) is 0 Å². The Labute approximate surface area is 120 Å². The average molecular weight is 301 g/mol. The number of nitrogens with zero attached hydrogens (tertiary/aromatic N) is 3. The number of nitrogens with two attached hydrogens (primary N) is 1. The molecule has 8 heteroatoms. The van der Waals surface area contributed by atoms with Gasteiger partial charge in [0.2, 0.25) is 0 Å². The molecule has 1 aliphatic rings. The van der Waals surface area contributed by atoms with E-state index >= 15 is 0 Å². The van der Waals surface area contributed by atoms with Crippen LogP contribution in [0.15, 0.2) is 5.03 Å². The van der Waals surface area contributed by atoms with Crippen LogP contribution in [0.4, 0.5) is 0 Å². The minimum atomic E-state index is -3.59. The fraction of sp³-hybridized carbons (Fsp3) is 0.750. The van der Waals surface area contributed by atoms with Crippen LogP contribution in [0.25, 0.3) is 0 Å². The van der Waals surface area contributed by atoms with Gasteiger partial charge in [-0.15, -0.1) is 0 Å². The van der Waals surface area contributed by atoms with Crippen molar-refractivity contribution in [2.75, 3.05) is 27.2 Å². The second-order valence-corrected chi connectivity index (χ2v) is 7.30. The van der Waals surface area contributed by atoms with Crippen molar-refractivity contribution in [3.8, 4) is 0 Å². The number of aromatic nitrogens is 2. The van der Waals surface area contributed by atoms with E-state index in [1.807, 2.05) is 7.05 Å². The van der Waals surface area contributed by atoms with Crippen LogP contribution in [0, 0.1) is 6.92 Å². The number of aryl methyl sites for hydroxylation is 1. The third-order valence-electron chi connectivity index (χ3n) is 4.07. The van der Waals surface area contributed by atoms with E-state index in [1.165, 1.54) is 4.31 Å². The molecule has 20 heavy (non-hydrogen) atoms. The Morgan fingerprint density at radius 3 is 2.60 bits per heavy atom. The molecule has 0 spiro atoms. The number of rotatable bonds is 4. The van der Waals surface area contributed by atoms with Crippen LogP contribution in [0.3, 0.4) is 0 Å². The molecule has 0 amide bonds. The van der Waals surface area contributed by atoms with Crippen molar-refractivity contribution >= 4 is 10.0 Å². The highest BCUT2D eigenvalue weighted by Crippen LogP contribution is 2.24. The summed E-state index contributed by atoms with van der Waals surface area (Å²) in [6.45, 7) is 3.77. The van der Waals surface area contributed by atoms with Crippen molar-refractivity contribution in [1.82, 2.24) is 19.4 Å². The van der Waals surface area contributed by atoms with Gasteiger partial charge in [-0.25, -0.2) is 8.42 Å². The molecule has 0 aromatic carbocycles. The Bertz CT molecular complexity index is 560. The summed E-state index contributed by atoms with van der Waals surface area (Å²) < 4.78 is 26.8. The van der Waals surface area contributed by atoms with E-state index in [-0.39, 0.29) is 17.6 Å². The molecule has 0 saturated carbocycles. The lowest BCUT2D eigenvalue weighted by Gasteiger charge is -2.34. The van der Waals surface area contributed by atoms with Crippen molar-refractivity contribution in [3.63, 3.8) is 0 Å². The molecular weight excluding hydrogens is 278 g/mol. The molecule has 1 aliphatic heterocycles. The summed E-state index contributed by atoms with van der Waals surface area (Å²) in [5.41, 5.74) is 6.92. The third kappa shape index (κ3) is 2.73. The molecule has 2 heterocycles. The quantitative estimate of drug-likeness (QED) is 0.809. The maximum atomic E-state index is 12.7. The summed E-state index contributed by atoms with van der Waals surface area (Å²) in [5, 5.41) is 6.73. The molecule has 3 N–H and O–H groups in total. The lowest BCUT2D eigenvalue weighted by Crippen LogP contribution is -2.44. The van der Waals surface area contributed by atoms with Gasteiger partial charge in [-0.1, -0.05) is 0 Å². The fourth-order valence-electron chi connectivity index (χ4n) is 2.57. The maximum Gasteiger partial charge on any atom is 0.262 e. The Morgan fingerprint density at radius 2 is 2.05 bits per heavy atom. The number of hydrogen-bond donors (Lipinski definition) is 2. The van der Waals surface area contributed by atoms with Gasteiger partial charge < -0.3 is 10.6 Å². The predicted octanol–water partition coefficient (Wildman–Crippen LogP) is -0.108. The van der Waals surface area contributed by atoms with E-state index in [0.717, 1.165) is 25.9 Å². The number of aromatic amines is 1. The third-order valence-corrected chi connectivity index (χ3v) is 5.95. The zero-order chi connectivity index (χ0) is 14.9. The lowest BCUT2D eigenvalue weighted by atomic mass is 10.1. The molecule has 114 valence electrons. The SMILES string of the molecule is Cc1[nH]nc(S(=O)(=O)N(C)C2CCN(C)CC2)c1CN. The largest absolute Gasteiger partial charge is 0.326 e. The van der Waals surface area contributed by atoms with Gasteiger partial charge in [-0.2, -0.15) is 9.40 Å². The van der Waals surface area contributed by atoms with Crippen molar-refractivity contribution in [3.05, 3.63) is 11.3 Å². The molecule has 1 aromatic heterocycles. The first kappa shape index (κ1) is 15.4. The Hall–Kier alpha value is -0.960. The van der Waals surface area contributed by atoms with Crippen LogP contribution in [-0.4, -0.2) is 61.0 Å². The first-order valence-electron chi connectivity index (χ1n) is 6.78. The van der Waals surface area contributed by atoms with Gasteiger partial charge in [0.15, 0.2) is 5.03 Å². The molecule has 1 saturated heterocycles. The number of nitrogens with one attached hydrogen (secondary N) is 1. The fourth-order valence-corrected chi connectivity index (χ4v) is 4.16. The van der Waals surface area contributed by atoms with Crippen LogP contribution < -0.4 is 5.73 Å². The minimum absolute atomic E-state index is 0.0267. The summed E-state index contributed by atoms with van der Waals surface area (Å²) in [7, 11) is 0.0989. The lowest BCUT2D eigenvalue weighted by molar-refractivity contribution is 0.197. The summed E-state index contributed by atoms with van der Waals surface area (Å²) >= 11 is 0. The number of likely N-dealkylation sites (tertiary alicyclic amines) is 1. The number of H-pyrrole nitrogens is 1. The number of hydrogen-bond acceptors (Lipinski definition) is 5. The molecule has 2 rings (SSSR count). The molecule has 7 nitrogen and oxygen atoms in total. The van der Waals surface area contributed by atoms with Crippen LogP contribution in [0.1, 0.15) is 24.1 Å². The molecule has 1 aromatic rings. The summed E-state index contributed by atoms with van der Waals surface area (Å²) in [5.74, 6) is 0. The van der Waals surface area contributed by atoms with Crippen molar-refractivity contribution in [2.24, 2.45) is 5.73 Å². The van der Waals surface area contributed by atoms with Crippen molar-refractivity contribution in [2.45, 2.75) is 37.4 Å². The standard InChI is InChI=1S/C12H23N5O2S/c1-9-11(8-13)12(15-14-9)20(18,19)17(3)10-4-6-16(2)7-5-10/h10H,4-8,13H2,1-3H3,(H,14,15). The predicted molar refractivity (Wildman–Crippen MR) is 76.7 cm³/mol. The average Bonchev–Trinajstić information content (AvgIpc) is 2.80. The van der Waals surface area contributed by atoms with E-state index < -0.39 is 10.0 Å². The van der Waals surface area contributed by atoms with E-state index in [0.29, 0.717) is 11.3 Å². The van der Waals surface area contributed by atoms with Gasteiger partial charge >= 0.3 is 0 Å². The van der Waals surface area contributed by atoms with Crippen LogP contribution >= 0.6 is 0 Å². The molecule has 0 atom stereocenters. The van der Waals surface area contributed by atoms with Gasteiger partial charge in [-0.3, -0.25) is 5.10 Å². The van der Waals surface area contributed by atoms with Crippen LogP contribution in [0.2, 0.25) is 0 Å². The Morgan fingerprint density at radius 1 is 1.45 bits per heavy atom. The molecule has 0 aliphatic carbocycles. The van der Waals surface area contributed by atoms with Crippen molar-refractivity contribution < 1.29 is 8.42 Å². The van der Waals surface area contributed by atoms with Gasteiger partial charge in [0, 0.05) is 30.9 Å². The van der Waals surface area contributed by atoms with E-state index in [4.69, 9.17) is 5.73 Å². The van der Waals surface area contributed by atoms with E-state index in [1.54, 1.807) is 14.0 Å². The van der Waals surface area contributed by atoms with Gasteiger partial charge in [0.25, 0.3) is 10.0 Å². The van der Waals surface area contributed by atoms with Crippen LogP contribution in [-0.2, 0) is 16.6 Å². The molecule has 0 unspecified atom stereocenters. The highest BCUT2D eigenvalue weighted by atomic mass is 32.2. The summed E-state index contributed by atoms with van der Waals surface area (Å²) in [4.78, 5) is 2.21. The Balaban J connectivity index is 2.25. The maximum absolute atomic E-state index is 12.7. The highest BCUT2D eigenvalue weighted by molar-refractivity contribution is 7.89. The number of piperidine rings is 1. The van der Waals surface area contributed by atoms with E-state index in [2.05, 4.69) is 15.1 Å². The highest BCUT2D eigenvalue weighted by Gasteiger charge is 2.33. The van der Waals surface area contributed by atoms with Crippen molar-refractivity contribution in [1.29, 1.82) is 0 Å². The van der Waals surface area contributed by atoms with E-state index in [9.17, 15) is 8.42 Å². The zero-order valence-electron chi connectivity index (χ0n) is 12.3. The first-order chi connectivity index (χ1) is 9.37. The normalized spacial score (nSPS) is 18.9. The van der Waals surface area contributed by atoms with Gasteiger partial charge in [0.1, 0.15) is 0 Å². The van der Waals surface area contributed by atoms with Gasteiger partial charge in [-0.05, 0) is 39.9 Å². The molecule has 0 radical (unpaired) electrons. The molecule has 0 bridgehead atoms. The number of sulfonamides is 1. The zero-order valence-corrected chi connectivity index (χ0v) is 13.1. The first-order valence-corrected chi connectivity index (χ1v) is 8.22. The Kier molecular flexibility index (Phi) is 4.48. The molecule has 1 fully saturated rings.